The number of nitro benzene ring substituents is 1. The molecule has 3 aromatic carbocycles. The maximum Gasteiger partial charge on any atom is 0.411 e. The van der Waals surface area contributed by atoms with Crippen LogP contribution in [0, 0.1) is 10.1 Å². The number of fused-ring (bicyclic) bond motifs is 2. The van der Waals surface area contributed by atoms with Gasteiger partial charge in [0.15, 0.2) is 0 Å². The Morgan fingerprint density at radius 1 is 0.967 bits per heavy atom. The van der Waals surface area contributed by atoms with Crippen molar-refractivity contribution in [3.63, 3.8) is 0 Å². The van der Waals surface area contributed by atoms with Crippen molar-refractivity contribution in [1.29, 1.82) is 0 Å². The second kappa shape index (κ2) is 8.44. The van der Waals surface area contributed by atoms with Crippen molar-refractivity contribution in [3.8, 4) is 0 Å². The maximum absolute atomic E-state index is 12.0. The number of pyridine rings is 1. The molecule has 0 unspecified atom stereocenters. The number of ether oxygens (including phenoxy) is 1. The van der Waals surface area contributed by atoms with E-state index in [1.54, 1.807) is 6.07 Å². The predicted molar refractivity (Wildman–Crippen MR) is 116 cm³/mol. The van der Waals surface area contributed by atoms with Gasteiger partial charge in [0.1, 0.15) is 6.61 Å². The summed E-state index contributed by atoms with van der Waals surface area (Å²) < 4.78 is 5.19. The zero-order valence-corrected chi connectivity index (χ0v) is 15.9. The molecule has 1 aromatic heterocycles. The predicted octanol–water partition coefficient (Wildman–Crippen LogP) is 4.96. The molecule has 150 valence electrons. The second-order valence-electron chi connectivity index (χ2n) is 6.52. The van der Waals surface area contributed by atoms with Crippen LogP contribution in [0.25, 0.3) is 21.8 Å². The van der Waals surface area contributed by atoms with Gasteiger partial charge in [-0.25, -0.2) is 9.78 Å². The van der Waals surface area contributed by atoms with Crippen molar-refractivity contribution in [2.45, 2.75) is 0 Å². The summed E-state index contributed by atoms with van der Waals surface area (Å²) in [5.74, 6) is 0. The van der Waals surface area contributed by atoms with Crippen molar-refractivity contribution in [2.75, 3.05) is 23.8 Å². The normalized spacial score (nSPS) is 10.7. The summed E-state index contributed by atoms with van der Waals surface area (Å²) in [5, 5.41) is 18.6. The molecule has 1 heterocycles. The number of rotatable bonds is 6. The van der Waals surface area contributed by atoms with Crippen LogP contribution in [-0.2, 0) is 4.74 Å². The van der Waals surface area contributed by atoms with Gasteiger partial charge >= 0.3 is 6.09 Å². The largest absolute Gasteiger partial charge is 0.447 e. The smallest absolute Gasteiger partial charge is 0.411 e. The summed E-state index contributed by atoms with van der Waals surface area (Å²) in [6, 6.07) is 21.4. The van der Waals surface area contributed by atoms with E-state index in [-0.39, 0.29) is 12.3 Å². The van der Waals surface area contributed by atoms with Crippen molar-refractivity contribution in [3.05, 3.63) is 82.9 Å². The number of nitro groups is 1. The molecule has 0 bridgehead atoms. The van der Waals surface area contributed by atoms with Crippen LogP contribution in [0.1, 0.15) is 0 Å². The monoisotopic (exact) mass is 402 g/mol. The summed E-state index contributed by atoms with van der Waals surface area (Å²) in [4.78, 5) is 27.0. The molecule has 2 N–H and O–H groups in total. The lowest BCUT2D eigenvalue weighted by Gasteiger charge is -2.13. The Hall–Kier alpha value is -4.20. The summed E-state index contributed by atoms with van der Waals surface area (Å²) in [5.41, 5.74) is 2.88. The van der Waals surface area contributed by atoms with Gasteiger partial charge in [0.25, 0.3) is 5.69 Å². The first kappa shape index (κ1) is 19.1. The molecule has 0 spiro atoms. The second-order valence-corrected chi connectivity index (χ2v) is 6.52. The average Bonchev–Trinajstić information content (AvgIpc) is 2.76. The molecule has 0 atom stereocenters. The first-order valence-corrected chi connectivity index (χ1v) is 9.31. The van der Waals surface area contributed by atoms with E-state index in [1.165, 1.54) is 18.2 Å². The topological polar surface area (TPSA) is 106 Å². The van der Waals surface area contributed by atoms with Gasteiger partial charge in [-0.2, -0.15) is 0 Å². The van der Waals surface area contributed by atoms with E-state index in [9.17, 15) is 14.9 Å². The van der Waals surface area contributed by atoms with E-state index < -0.39 is 11.0 Å². The van der Waals surface area contributed by atoms with Gasteiger partial charge in [-0.1, -0.05) is 42.5 Å². The quantitative estimate of drug-likeness (QED) is 0.204. The average molecular weight is 402 g/mol. The van der Waals surface area contributed by atoms with E-state index in [0.717, 1.165) is 27.5 Å². The highest BCUT2D eigenvalue weighted by Gasteiger charge is 2.10. The van der Waals surface area contributed by atoms with Gasteiger partial charge in [-0.3, -0.25) is 15.4 Å². The van der Waals surface area contributed by atoms with Crippen LogP contribution in [0.5, 0.6) is 0 Å². The summed E-state index contributed by atoms with van der Waals surface area (Å²) in [6.07, 6.45) is -0.679. The molecule has 0 radical (unpaired) electrons. The molecule has 8 nitrogen and oxygen atoms in total. The minimum atomic E-state index is -0.679. The number of carbonyl (C=O) groups excluding carboxylic acids is 1. The van der Waals surface area contributed by atoms with E-state index in [2.05, 4.69) is 15.6 Å². The number of amides is 1. The summed E-state index contributed by atoms with van der Waals surface area (Å²) in [7, 11) is 0. The highest BCUT2D eigenvalue weighted by molar-refractivity contribution is 6.07. The molecular weight excluding hydrogens is 384 g/mol. The van der Waals surface area contributed by atoms with Gasteiger partial charge in [-0.05, 0) is 18.2 Å². The first-order valence-electron chi connectivity index (χ1n) is 9.31. The number of hydrogen-bond donors (Lipinski definition) is 2. The number of hydrogen-bond acceptors (Lipinski definition) is 6. The molecule has 1 amide bonds. The standard InChI is InChI=1S/C22H18N4O4/c27-22(24-15-6-5-7-16(14-15)26(28)29)30-13-12-23-21-17-8-1-3-10-19(17)25-20-11-4-2-9-18(20)21/h1-11,14H,12-13H2,(H,23,25)(H,24,27). The van der Waals surface area contributed by atoms with Crippen molar-refractivity contribution in [2.24, 2.45) is 0 Å². The fourth-order valence-electron chi connectivity index (χ4n) is 3.20. The zero-order chi connectivity index (χ0) is 20.9. The lowest BCUT2D eigenvalue weighted by Crippen LogP contribution is -2.18. The zero-order valence-electron chi connectivity index (χ0n) is 15.9. The van der Waals surface area contributed by atoms with Gasteiger partial charge in [0.2, 0.25) is 0 Å². The Balaban J connectivity index is 1.41. The molecule has 0 aliphatic heterocycles. The first-order chi connectivity index (χ1) is 14.6. The van der Waals surface area contributed by atoms with Crippen LogP contribution < -0.4 is 10.6 Å². The Morgan fingerprint density at radius 3 is 2.30 bits per heavy atom. The van der Waals surface area contributed by atoms with Gasteiger partial charge in [-0.15, -0.1) is 0 Å². The third kappa shape index (κ3) is 4.12. The van der Waals surface area contributed by atoms with Crippen molar-refractivity contribution >= 4 is 45.0 Å². The molecule has 0 aliphatic rings. The number of nitrogens with one attached hydrogen (secondary N) is 2. The third-order valence-corrected chi connectivity index (χ3v) is 4.53. The number of non-ortho nitro benzene ring substituents is 1. The van der Waals surface area contributed by atoms with Crippen LogP contribution in [0.2, 0.25) is 0 Å². The number of anilines is 2. The SMILES string of the molecule is O=C(Nc1cccc([N+](=O)[O-])c1)OCCNc1c2ccccc2nc2ccccc12. The fraction of sp³-hybridized carbons (Fsp3) is 0.0909. The van der Waals surface area contributed by atoms with Crippen LogP contribution in [0.4, 0.5) is 21.9 Å². The Kier molecular flexibility index (Phi) is 5.38. The number of para-hydroxylation sites is 2. The number of carbonyl (C=O) groups is 1. The van der Waals surface area contributed by atoms with Crippen molar-refractivity contribution in [1.82, 2.24) is 4.98 Å². The van der Waals surface area contributed by atoms with E-state index in [4.69, 9.17) is 4.74 Å². The lowest BCUT2D eigenvalue weighted by molar-refractivity contribution is -0.384. The molecule has 4 aromatic rings. The summed E-state index contributed by atoms with van der Waals surface area (Å²) in [6.45, 7) is 0.506. The van der Waals surface area contributed by atoms with Crippen LogP contribution in [-0.4, -0.2) is 29.2 Å². The van der Waals surface area contributed by atoms with Crippen LogP contribution in [0.15, 0.2) is 72.8 Å². The Bertz CT molecular complexity index is 1190. The molecule has 8 heteroatoms. The van der Waals surface area contributed by atoms with Gasteiger partial charge in [0.05, 0.1) is 27.3 Å². The minimum absolute atomic E-state index is 0.106. The Morgan fingerprint density at radius 2 is 1.63 bits per heavy atom. The lowest BCUT2D eigenvalue weighted by atomic mass is 10.1. The molecule has 4 rings (SSSR count). The van der Waals surface area contributed by atoms with E-state index >= 15 is 0 Å². The molecule has 0 aliphatic carbocycles. The summed E-state index contributed by atoms with van der Waals surface area (Å²) >= 11 is 0. The molecule has 0 fully saturated rings. The highest BCUT2D eigenvalue weighted by atomic mass is 16.6. The van der Waals surface area contributed by atoms with Crippen LogP contribution in [0.3, 0.4) is 0 Å². The van der Waals surface area contributed by atoms with E-state index in [0.29, 0.717) is 12.2 Å². The van der Waals surface area contributed by atoms with Crippen molar-refractivity contribution < 1.29 is 14.5 Å². The van der Waals surface area contributed by atoms with E-state index in [1.807, 2.05) is 48.5 Å². The Labute approximate surface area is 171 Å². The molecule has 0 saturated carbocycles. The maximum atomic E-state index is 12.0. The van der Waals surface area contributed by atoms with Crippen LogP contribution >= 0.6 is 0 Å². The highest BCUT2D eigenvalue weighted by Crippen LogP contribution is 2.30. The molecule has 30 heavy (non-hydrogen) atoms. The number of aromatic nitrogens is 1. The molecule has 0 saturated heterocycles. The van der Waals surface area contributed by atoms with Gasteiger partial charge < -0.3 is 10.1 Å². The molecular formula is C22H18N4O4. The number of benzene rings is 3. The fourth-order valence-corrected chi connectivity index (χ4v) is 3.20. The third-order valence-electron chi connectivity index (χ3n) is 4.53. The van der Waals surface area contributed by atoms with Gasteiger partial charge in [0, 0.05) is 29.4 Å². The minimum Gasteiger partial charge on any atom is -0.447 e. The number of nitrogens with zero attached hydrogens (tertiary/aromatic N) is 2.